The standard InChI is InChI=1S/C7H12O6PS/c1-3-4-15(9,10)6-7-5-12-14(8,11-2)13-7/h1,7-8H,4-6H2,2H3. The Labute approximate surface area is 89.1 Å². The highest BCUT2D eigenvalue weighted by Crippen LogP contribution is 2.62. The Hall–Kier alpha value is -0.220. The molecule has 1 saturated heterocycles. The van der Waals surface area contributed by atoms with Crippen molar-refractivity contribution in [3.63, 3.8) is 0 Å². The summed E-state index contributed by atoms with van der Waals surface area (Å²) < 4.78 is 37.0. The lowest BCUT2D eigenvalue weighted by molar-refractivity contribution is 0.172. The summed E-state index contributed by atoms with van der Waals surface area (Å²) in [4.78, 5) is 9.41. The first-order valence-electron chi connectivity index (χ1n) is 4.05. The van der Waals surface area contributed by atoms with E-state index in [1.54, 1.807) is 0 Å². The molecule has 1 rings (SSSR count). The highest BCUT2D eigenvalue weighted by Gasteiger charge is 2.41. The Morgan fingerprint density at radius 3 is 2.87 bits per heavy atom. The van der Waals surface area contributed by atoms with Crippen LogP contribution in [0.1, 0.15) is 0 Å². The first kappa shape index (κ1) is 12.8. The van der Waals surface area contributed by atoms with Crippen molar-refractivity contribution in [3.05, 3.63) is 0 Å². The van der Waals surface area contributed by atoms with Gasteiger partial charge in [0.15, 0.2) is 9.84 Å². The van der Waals surface area contributed by atoms with Crippen LogP contribution >= 0.6 is 8.17 Å². The highest BCUT2D eigenvalue weighted by molar-refractivity contribution is 7.91. The van der Waals surface area contributed by atoms with Crippen LogP contribution < -0.4 is 0 Å². The highest BCUT2D eigenvalue weighted by atomic mass is 32.2. The second-order valence-electron chi connectivity index (χ2n) is 2.93. The molecule has 0 aromatic heterocycles. The Balaban J connectivity index is 2.54. The topological polar surface area (TPSA) is 82.1 Å². The maximum Gasteiger partial charge on any atom is 0.377 e. The van der Waals surface area contributed by atoms with Crippen molar-refractivity contribution in [2.45, 2.75) is 6.10 Å². The molecule has 0 bridgehead atoms. The Kier molecular flexibility index (Phi) is 4.06. The zero-order valence-corrected chi connectivity index (χ0v) is 9.83. The van der Waals surface area contributed by atoms with Crippen molar-refractivity contribution >= 4 is 18.0 Å². The van der Waals surface area contributed by atoms with Gasteiger partial charge in [0.2, 0.25) is 0 Å². The van der Waals surface area contributed by atoms with Crippen LogP contribution in [0.5, 0.6) is 0 Å². The number of terminal acetylenes is 1. The van der Waals surface area contributed by atoms with E-state index in [-0.39, 0.29) is 18.1 Å². The average molecular weight is 255 g/mol. The minimum atomic E-state index is -3.36. The largest absolute Gasteiger partial charge is 0.377 e. The molecule has 6 nitrogen and oxygen atoms in total. The molecule has 1 fully saturated rings. The zero-order chi connectivity index (χ0) is 11.5. The van der Waals surface area contributed by atoms with E-state index in [1.807, 2.05) is 5.92 Å². The van der Waals surface area contributed by atoms with Crippen LogP contribution in [0.15, 0.2) is 0 Å². The summed E-state index contributed by atoms with van der Waals surface area (Å²) in [6.07, 6.45) is 4.18. The predicted octanol–water partition coefficient (Wildman–Crippen LogP) is -0.234. The van der Waals surface area contributed by atoms with E-state index in [9.17, 15) is 13.3 Å². The molecule has 1 N–H and O–H groups in total. The molecule has 0 amide bonds. The first-order valence-corrected chi connectivity index (χ1v) is 7.37. The molecule has 2 atom stereocenters. The van der Waals surface area contributed by atoms with E-state index in [4.69, 9.17) is 15.5 Å². The van der Waals surface area contributed by atoms with Gasteiger partial charge in [-0.1, -0.05) is 5.92 Å². The van der Waals surface area contributed by atoms with Crippen molar-refractivity contribution in [1.82, 2.24) is 0 Å². The van der Waals surface area contributed by atoms with Crippen LogP contribution in [0.3, 0.4) is 0 Å². The van der Waals surface area contributed by atoms with Crippen LogP contribution in [0.25, 0.3) is 0 Å². The lowest BCUT2D eigenvalue weighted by Crippen LogP contribution is -2.24. The average Bonchev–Trinajstić information content (AvgIpc) is 2.47. The second kappa shape index (κ2) is 4.74. The summed E-state index contributed by atoms with van der Waals surface area (Å²) >= 11 is 0. The van der Waals surface area contributed by atoms with Gasteiger partial charge in [-0.3, -0.25) is 9.05 Å². The smallest absolute Gasteiger partial charge is 0.314 e. The molecular weight excluding hydrogens is 243 g/mol. The molecule has 1 heterocycles. The molecule has 1 aliphatic rings. The van der Waals surface area contributed by atoms with Gasteiger partial charge in [0, 0.05) is 7.11 Å². The SMILES string of the molecule is C#CCS(=O)(=O)CC1CO[P](O)(OC)O1. The lowest BCUT2D eigenvalue weighted by Gasteiger charge is -2.18. The molecule has 0 spiro atoms. The third kappa shape index (κ3) is 3.68. The van der Waals surface area contributed by atoms with Gasteiger partial charge in [-0.25, -0.2) is 8.42 Å². The molecule has 87 valence electrons. The van der Waals surface area contributed by atoms with Gasteiger partial charge in [-0.2, -0.15) is 0 Å². The zero-order valence-electron chi connectivity index (χ0n) is 8.12. The summed E-state index contributed by atoms with van der Waals surface area (Å²) in [5, 5.41) is 0. The Morgan fingerprint density at radius 2 is 2.40 bits per heavy atom. The third-order valence-corrected chi connectivity index (χ3v) is 4.67. The summed E-state index contributed by atoms with van der Waals surface area (Å²) in [5.41, 5.74) is 0. The molecule has 1 radical (unpaired) electrons. The lowest BCUT2D eigenvalue weighted by atomic mass is 10.4. The van der Waals surface area contributed by atoms with Crippen molar-refractivity contribution < 1.29 is 26.9 Å². The van der Waals surface area contributed by atoms with Gasteiger partial charge >= 0.3 is 8.17 Å². The fraction of sp³-hybridized carbons (Fsp3) is 0.714. The summed E-state index contributed by atoms with van der Waals surface area (Å²) in [7, 11) is -5.41. The van der Waals surface area contributed by atoms with E-state index in [0.29, 0.717) is 0 Å². The quantitative estimate of drug-likeness (QED) is 0.552. The summed E-state index contributed by atoms with van der Waals surface area (Å²) in [6.45, 7) is -0.0120. The van der Waals surface area contributed by atoms with Crippen molar-refractivity contribution in [2.24, 2.45) is 0 Å². The Morgan fingerprint density at radius 1 is 1.73 bits per heavy atom. The van der Waals surface area contributed by atoms with E-state index >= 15 is 0 Å². The van der Waals surface area contributed by atoms with Crippen LogP contribution in [0.4, 0.5) is 0 Å². The monoisotopic (exact) mass is 255 g/mol. The number of hydrogen-bond acceptors (Lipinski definition) is 6. The minimum Gasteiger partial charge on any atom is -0.314 e. The fourth-order valence-corrected chi connectivity index (χ4v) is 3.39. The van der Waals surface area contributed by atoms with Gasteiger partial charge in [0.1, 0.15) is 11.9 Å². The van der Waals surface area contributed by atoms with Crippen molar-refractivity contribution in [3.8, 4) is 12.3 Å². The van der Waals surface area contributed by atoms with Gasteiger partial charge < -0.3 is 9.42 Å². The maximum absolute atomic E-state index is 11.3. The first-order chi connectivity index (χ1) is 6.91. The van der Waals surface area contributed by atoms with E-state index < -0.39 is 24.1 Å². The van der Waals surface area contributed by atoms with Crippen LogP contribution in [0, 0.1) is 12.3 Å². The van der Waals surface area contributed by atoms with E-state index in [2.05, 4.69) is 4.52 Å². The number of hydrogen-bond donors (Lipinski definition) is 1. The van der Waals surface area contributed by atoms with Crippen LogP contribution in [-0.4, -0.2) is 44.6 Å². The molecule has 1 aliphatic heterocycles. The molecule has 0 saturated carbocycles. The normalized spacial score (nSPS) is 31.4. The maximum atomic E-state index is 11.3. The fourth-order valence-electron chi connectivity index (χ4n) is 1.07. The molecule has 0 aromatic rings. The van der Waals surface area contributed by atoms with Crippen molar-refractivity contribution in [2.75, 3.05) is 25.2 Å². The Bertz CT molecular complexity index is 360. The van der Waals surface area contributed by atoms with Crippen molar-refractivity contribution in [1.29, 1.82) is 0 Å². The van der Waals surface area contributed by atoms with Gasteiger partial charge in [0.05, 0.1) is 12.4 Å². The molecule has 8 heteroatoms. The third-order valence-electron chi connectivity index (χ3n) is 1.68. The summed E-state index contributed by atoms with van der Waals surface area (Å²) in [5.74, 6) is 1.42. The molecule has 2 unspecified atom stereocenters. The summed E-state index contributed by atoms with van der Waals surface area (Å²) in [6, 6.07) is 0. The number of sulfone groups is 1. The van der Waals surface area contributed by atoms with Gasteiger partial charge in [0.25, 0.3) is 0 Å². The van der Waals surface area contributed by atoms with Crippen LogP contribution in [0.2, 0.25) is 0 Å². The molecule has 15 heavy (non-hydrogen) atoms. The predicted molar refractivity (Wildman–Crippen MR) is 54.5 cm³/mol. The minimum absolute atomic E-state index is 0.0120. The van der Waals surface area contributed by atoms with Crippen LogP contribution in [-0.2, 0) is 23.4 Å². The van der Waals surface area contributed by atoms with E-state index in [0.717, 1.165) is 0 Å². The van der Waals surface area contributed by atoms with Gasteiger partial charge in [-0.15, -0.1) is 6.42 Å². The number of rotatable bonds is 4. The molecule has 0 aliphatic carbocycles. The molecule has 0 aromatic carbocycles. The van der Waals surface area contributed by atoms with E-state index in [1.165, 1.54) is 7.11 Å². The van der Waals surface area contributed by atoms with Gasteiger partial charge in [-0.05, 0) is 0 Å². The molecular formula is C7H12O6PS. The second-order valence-corrected chi connectivity index (χ2v) is 6.81.